The summed E-state index contributed by atoms with van der Waals surface area (Å²) in [7, 11) is -3.44. The summed E-state index contributed by atoms with van der Waals surface area (Å²) >= 11 is 0. The van der Waals surface area contributed by atoms with E-state index in [1.165, 1.54) is 18.2 Å². The number of nitrogens with zero attached hydrogens (tertiary/aromatic N) is 4. The molecular formula is C24H27FN4O3S. The van der Waals surface area contributed by atoms with Crippen LogP contribution in [0.25, 0.3) is 0 Å². The number of carbonyl (C=O) groups excluding carboxylic acids is 1. The maximum Gasteiger partial charge on any atom is 0.256 e. The highest BCUT2D eigenvalue weighted by atomic mass is 32.2. The number of amides is 1. The second kappa shape index (κ2) is 9.40. The summed E-state index contributed by atoms with van der Waals surface area (Å²) < 4.78 is 38.9. The predicted octanol–water partition coefficient (Wildman–Crippen LogP) is 3.05. The van der Waals surface area contributed by atoms with Gasteiger partial charge in [-0.3, -0.25) is 4.79 Å². The molecule has 2 aromatic carbocycles. The zero-order valence-electron chi connectivity index (χ0n) is 18.6. The fraction of sp³-hybridized carbons (Fsp3) is 0.417. The van der Waals surface area contributed by atoms with Gasteiger partial charge in [0.05, 0.1) is 21.8 Å². The number of hydrogen-bond donors (Lipinski definition) is 0. The number of nitriles is 1. The number of piperazine rings is 1. The van der Waals surface area contributed by atoms with Crippen molar-refractivity contribution in [2.75, 3.05) is 54.8 Å². The summed E-state index contributed by atoms with van der Waals surface area (Å²) in [6.07, 6.45) is 2.09. The Labute approximate surface area is 193 Å². The lowest BCUT2D eigenvalue weighted by atomic mass is 10.1. The topological polar surface area (TPSA) is 84.7 Å². The lowest BCUT2D eigenvalue weighted by Gasteiger charge is -2.36. The molecule has 2 fully saturated rings. The van der Waals surface area contributed by atoms with Crippen molar-refractivity contribution >= 4 is 27.1 Å². The maximum atomic E-state index is 14.0. The van der Waals surface area contributed by atoms with Gasteiger partial charge in [0.15, 0.2) is 9.84 Å². The van der Waals surface area contributed by atoms with Gasteiger partial charge < -0.3 is 14.7 Å². The van der Waals surface area contributed by atoms with E-state index in [1.54, 1.807) is 30.0 Å². The highest BCUT2D eigenvalue weighted by Gasteiger charge is 2.28. The summed E-state index contributed by atoms with van der Waals surface area (Å²) in [4.78, 5) is 19.5. The minimum Gasteiger partial charge on any atom is -0.371 e. The first kappa shape index (κ1) is 23.1. The Balaban J connectivity index is 1.56. The molecule has 0 N–H and O–H groups in total. The quantitative estimate of drug-likeness (QED) is 0.668. The van der Waals surface area contributed by atoms with Crippen molar-refractivity contribution in [3.8, 4) is 6.07 Å². The number of carbonyl (C=O) groups is 1. The molecule has 2 aliphatic heterocycles. The second-order valence-corrected chi connectivity index (χ2v) is 10.6. The molecule has 0 saturated carbocycles. The Hall–Kier alpha value is -3.12. The molecule has 0 bridgehead atoms. The van der Waals surface area contributed by atoms with E-state index < -0.39 is 15.7 Å². The van der Waals surface area contributed by atoms with E-state index in [4.69, 9.17) is 5.26 Å². The van der Waals surface area contributed by atoms with Crippen molar-refractivity contribution in [1.82, 2.24) is 4.90 Å². The van der Waals surface area contributed by atoms with Gasteiger partial charge in [-0.2, -0.15) is 5.26 Å². The first-order chi connectivity index (χ1) is 15.8. The zero-order chi connectivity index (χ0) is 23.6. The van der Waals surface area contributed by atoms with Crippen LogP contribution in [0, 0.1) is 17.1 Å². The van der Waals surface area contributed by atoms with E-state index in [0.29, 0.717) is 37.4 Å². The standard InChI is InChI=1S/C24H27FN4O3S/c1-2-33(31,32)20-7-8-23(28-9-3-4-10-28)21(16-20)24(30)29-13-11-27(12-14-29)19-6-5-18(17-26)22(25)15-19/h5-8,15-16H,2-4,9-14H2,1H3. The number of anilines is 2. The molecule has 7 nitrogen and oxygen atoms in total. The van der Waals surface area contributed by atoms with Gasteiger partial charge in [-0.15, -0.1) is 0 Å². The van der Waals surface area contributed by atoms with E-state index >= 15 is 0 Å². The van der Waals surface area contributed by atoms with E-state index in [0.717, 1.165) is 31.6 Å². The zero-order valence-corrected chi connectivity index (χ0v) is 19.4. The molecule has 1 amide bonds. The van der Waals surface area contributed by atoms with Crippen LogP contribution in [0.5, 0.6) is 0 Å². The molecule has 0 unspecified atom stereocenters. The van der Waals surface area contributed by atoms with Crippen molar-refractivity contribution in [3.05, 3.63) is 53.3 Å². The Kier molecular flexibility index (Phi) is 6.56. The lowest BCUT2D eigenvalue weighted by molar-refractivity contribution is 0.0747. The van der Waals surface area contributed by atoms with Crippen LogP contribution in [0.4, 0.5) is 15.8 Å². The van der Waals surface area contributed by atoms with Gasteiger partial charge in [-0.05, 0) is 49.2 Å². The minimum absolute atomic E-state index is 0.00363. The molecule has 2 aromatic rings. The van der Waals surface area contributed by atoms with E-state index in [1.807, 2.05) is 11.0 Å². The molecule has 0 spiro atoms. The third-order valence-corrected chi connectivity index (χ3v) is 8.12. The van der Waals surface area contributed by atoms with Crippen molar-refractivity contribution in [1.29, 1.82) is 5.26 Å². The number of halogens is 1. The summed E-state index contributed by atoms with van der Waals surface area (Å²) in [5.41, 5.74) is 1.88. The SMILES string of the molecule is CCS(=O)(=O)c1ccc(N2CCCC2)c(C(=O)N2CCN(c3ccc(C#N)c(F)c3)CC2)c1. The molecule has 2 aliphatic rings. The third kappa shape index (κ3) is 4.67. The Morgan fingerprint density at radius 1 is 1.00 bits per heavy atom. The van der Waals surface area contributed by atoms with Crippen molar-refractivity contribution in [3.63, 3.8) is 0 Å². The largest absolute Gasteiger partial charge is 0.371 e. The summed E-state index contributed by atoms with van der Waals surface area (Å²) in [6.45, 7) is 5.19. The average molecular weight is 471 g/mol. The normalized spacial score (nSPS) is 16.7. The van der Waals surface area contributed by atoms with Gasteiger partial charge in [0.1, 0.15) is 11.9 Å². The van der Waals surface area contributed by atoms with E-state index in [9.17, 15) is 17.6 Å². The van der Waals surface area contributed by atoms with Crippen LogP contribution in [0.1, 0.15) is 35.7 Å². The number of sulfone groups is 1. The third-order valence-electron chi connectivity index (χ3n) is 6.39. The molecule has 0 radical (unpaired) electrons. The summed E-state index contributed by atoms with van der Waals surface area (Å²) in [6, 6.07) is 11.2. The van der Waals surface area contributed by atoms with E-state index in [2.05, 4.69) is 4.90 Å². The van der Waals surface area contributed by atoms with Crippen LogP contribution in [0.3, 0.4) is 0 Å². The second-order valence-electron chi connectivity index (χ2n) is 8.33. The summed E-state index contributed by atoms with van der Waals surface area (Å²) in [5.74, 6) is -0.766. The molecule has 0 atom stereocenters. The molecule has 2 heterocycles. The maximum absolute atomic E-state index is 14.0. The predicted molar refractivity (Wildman–Crippen MR) is 125 cm³/mol. The van der Waals surface area contributed by atoms with Gasteiger partial charge in [0.25, 0.3) is 5.91 Å². The molecule has 2 saturated heterocycles. The molecule has 174 valence electrons. The number of hydrogen-bond acceptors (Lipinski definition) is 6. The van der Waals surface area contributed by atoms with Crippen molar-refractivity contribution in [2.45, 2.75) is 24.7 Å². The fourth-order valence-electron chi connectivity index (χ4n) is 4.41. The molecule has 0 aromatic heterocycles. The Morgan fingerprint density at radius 3 is 2.30 bits per heavy atom. The minimum atomic E-state index is -3.44. The van der Waals surface area contributed by atoms with Crippen LogP contribution in [0.2, 0.25) is 0 Å². The first-order valence-corrected chi connectivity index (χ1v) is 12.8. The van der Waals surface area contributed by atoms with Gasteiger partial charge in [-0.1, -0.05) is 6.92 Å². The number of benzene rings is 2. The highest BCUT2D eigenvalue weighted by Crippen LogP contribution is 2.29. The highest BCUT2D eigenvalue weighted by molar-refractivity contribution is 7.91. The van der Waals surface area contributed by atoms with Gasteiger partial charge in [0, 0.05) is 50.6 Å². The van der Waals surface area contributed by atoms with Crippen molar-refractivity contribution in [2.24, 2.45) is 0 Å². The van der Waals surface area contributed by atoms with Crippen LogP contribution in [-0.4, -0.2) is 64.2 Å². The van der Waals surface area contributed by atoms with E-state index in [-0.39, 0.29) is 22.1 Å². The molecule has 33 heavy (non-hydrogen) atoms. The van der Waals surface area contributed by atoms with Gasteiger partial charge in [-0.25, -0.2) is 12.8 Å². The van der Waals surface area contributed by atoms with Gasteiger partial charge >= 0.3 is 0 Å². The lowest BCUT2D eigenvalue weighted by Crippen LogP contribution is -2.49. The van der Waals surface area contributed by atoms with Gasteiger partial charge in [0.2, 0.25) is 0 Å². The molecule has 4 rings (SSSR count). The molecule has 9 heteroatoms. The average Bonchev–Trinajstić information content (AvgIpc) is 3.38. The molecular weight excluding hydrogens is 443 g/mol. The molecule has 0 aliphatic carbocycles. The van der Waals surface area contributed by atoms with Crippen molar-refractivity contribution < 1.29 is 17.6 Å². The van der Waals surface area contributed by atoms with Crippen LogP contribution < -0.4 is 9.80 Å². The number of rotatable bonds is 5. The summed E-state index contributed by atoms with van der Waals surface area (Å²) in [5, 5.41) is 8.92. The monoisotopic (exact) mass is 470 g/mol. The fourth-order valence-corrected chi connectivity index (χ4v) is 5.32. The smallest absolute Gasteiger partial charge is 0.256 e. The van der Waals surface area contributed by atoms with Crippen LogP contribution in [-0.2, 0) is 9.84 Å². The first-order valence-electron chi connectivity index (χ1n) is 11.2. The Morgan fingerprint density at radius 2 is 1.70 bits per heavy atom. The Bertz CT molecular complexity index is 1190. The van der Waals surface area contributed by atoms with Crippen LogP contribution in [0.15, 0.2) is 41.3 Å². The van der Waals surface area contributed by atoms with Crippen LogP contribution >= 0.6 is 0 Å².